The van der Waals surface area contributed by atoms with Gasteiger partial charge in [-0.05, 0) is 39.2 Å². The predicted molar refractivity (Wildman–Crippen MR) is 97.3 cm³/mol. The second kappa shape index (κ2) is 7.58. The van der Waals surface area contributed by atoms with E-state index >= 15 is 0 Å². The van der Waals surface area contributed by atoms with Crippen LogP contribution in [0.5, 0.6) is 0 Å². The van der Waals surface area contributed by atoms with Crippen LogP contribution in [0.25, 0.3) is 0 Å². The fraction of sp³-hybridized carbons (Fsp3) is 0.474. The molecule has 0 aromatic carbocycles. The molecule has 0 saturated carbocycles. The van der Waals surface area contributed by atoms with E-state index in [0.29, 0.717) is 48.9 Å². The lowest BCUT2D eigenvalue weighted by Crippen LogP contribution is -2.17. The number of halogens is 1. The Morgan fingerprint density at radius 3 is 1.81 bits per heavy atom. The molecule has 2 aromatic rings. The van der Waals surface area contributed by atoms with E-state index in [1.807, 2.05) is 13.8 Å². The number of fused-ring (bicyclic) bond motifs is 2. The van der Waals surface area contributed by atoms with Gasteiger partial charge in [-0.15, -0.1) is 0 Å². The summed E-state index contributed by atoms with van der Waals surface area (Å²) in [4.78, 5) is 39.2. The maximum atomic E-state index is 11.2. The van der Waals surface area contributed by atoms with Crippen LogP contribution in [0.4, 0.5) is 0 Å². The summed E-state index contributed by atoms with van der Waals surface area (Å²) in [6, 6.07) is 0. The molecule has 6 nitrogen and oxygen atoms in total. The number of carbonyl (C=O) groups is 2. The molecule has 2 aromatic heterocycles. The molecule has 136 valence electrons. The van der Waals surface area contributed by atoms with E-state index in [0.717, 1.165) is 34.9 Å². The molecule has 2 aliphatic carbocycles. The maximum Gasteiger partial charge on any atom is 0.139 e. The molecule has 2 heterocycles. The minimum Gasteiger partial charge on any atom is -0.299 e. The molecule has 0 spiro atoms. The van der Waals surface area contributed by atoms with Crippen molar-refractivity contribution < 1.29 is 9.59 Å². The summed E-state index contributed by atoms with van der Waals surface area (Å²) < 4.78 is 0. The summed E-state index contributed by atoms with van der Waals surface area (Å²) in [5, 5.41) is 0.509. The molecule has 0 bridgehead atoms. The van der Waals surface area contributed by atoms with Crippen LogP contribution in [0.15, 0.2) is 0 Å². The molecular weight excluding hydrogens is 352 g/mol. The number of rotatable bonds is 0. The van der Waals surface area contributed by atoms with E-state index in [9.17, 15) is 9.59 Å². The SMILES string of the molecule is Cc1nc(C)c2c(n1)CC(=O)CC2.Cc1nc(Cl)c2c(n1)CC(=O)CC2. The van der Waals surface area contributed by atoms with Crippen LogP contribution in [-0.4, -0.2) is 31.5 Å². The Kier molecular flexibility index (Phi) is 5.41. The molecule has 0 N–H and O–H groups in total. The van der Waals surface area contributed by atoms with Gasteiger partial charge >= 0.3 is 0 Å². The third kappa shape index (κ3) is 4.12. The summed E-state index contributed by atoms with van der Waals surface area (Å²) in [6.07, 6.45) is 3.64. The normalized spacial score (nSPS) is 15.7. The molecule has 0 amide bonds. The van der Waals surface area contributed by atoms with Crippen molar-refractivity contribution in [3.63, 3.8) is 0 Å². The second-order valence-corrected chi connectivity index (χ2v) is 7.06. The monoisotopic (exact) mass is 372 g/mol. The Balaban J connectivity index is 0.000000151. The average Bonchev–Trinajstić information content (AvgIpc) is 2.54. The third-order valence-electron chi connectivity index (χ3n) is 4.60. The van der Waals surface area contributed by atoms with Crippen LogP contribution in [0.3, 0.4) is 0 Å². The zero-order chi connectivity index (χ0) is 18.8. The van der Waals surface area contributed by atoms with Gasteiger partial charge < -0.3 is 0 Å². The Labute approximate surface area is 157 Å². The number of nitrogens with zero attached hydrogens (tertiary/aromatic N) is 4. The van der Waals surface area contributed by atoms with Crippen molar-refractivity contribution in [1.29, 1.82) is 0 Å². The van der Waals surface area contributed by atoms with E-state index < -0.39 is 0 Å². The summed E-state index contributed by atoms with van der Waals surface area (Å²) in [5.74, 6) is 1.94. The molecule has 0 saturated heterocycles. The van der Waals surface area contributed by atoms with Crippen LogP contribution in [0.2, 0.25) is 5.15 Å². The van der Waals surface area contributed by atoms with Crippen molar-refractivity contribution in [2.75, 3.05) is 0 Å². The fourth-order valence-corrected chi connectivity index (χ4v) is 3.69. The van der Waals surface area contributed by atoms with Crippen molar-refractivity contribution in [2.45, 2.75) is 59.3 Å². The highest BCUT2D eigenvalue weighted by Gasteiger charge is 2.20. The van der Waals surface area contributed by atoms with E-state index in [4.69, 9.17) is 11.6 Å². The number of hydrogen-bond donors (Lipinski definition) is 0. The molecule has 2 aliphatic rings. The molecular formula is C19H21ClN4O2. The van der Waals surface area contributed by atoms with E-state index in [1.54, 1.807) is 6.92 Å². The van der Waals surface area contributed by atoms with Crippen molar-refractivity contribution >= 4 is 23.2 Å². The van der Waals surface area contributed by atoms with Gasteiger partial charge in [-0.25, -0.2) is 19.9 Å². The van der Waals surface area contributed by atoms with Crippen molar-refractivity contribution in [3.05, 3.63) is 45.0 Å². The van der Waals surface area contributed by atoms with Gasteiger partial charge in [0.15, 0.2) is 0 Å². The Morgan fingerprint density at radius 1 is 0.692 bits per heavy atom. The summed E-state index contributed by atoms with van der Waals surface area (Å²) in [7, 11) is 0. The average molecular weight is 373 g/mol. The van der Waals surface area contributed by atoms with Gasteiger partial charge in [0.2, 0.25) is 0 Å². The molecule has 0 atom stereocenters. The Hall–Kier alpha value is -2.21. The standard InChI is InChI=1S/C10H12N2O.C9H9ClN2O/c1-6-9-4-3-8(13)5-10(9)12-7(2)11-6;1-5-11-8-4-6(13)2-3-7(8)9(10)12-5/h3-5H2,1-2H3;2-4H2,1H3. The summed E-state index contributed by atoms with van der Waals surface area (Å²) >= 11 is 5.93. The predicted octanol–water partition coefficient (Wildman–Crippen LogP) is 2.65. The smallest absolute Gasteiger partial charge is 0.139 e. The van der Waals surface area contributed by atoms with Crippen LogP contribution in [0.1, 0.15) is 52.7 Å². The number of carbonyl (C=O) groups excluding carboxylic acids is 2. The van der Waals surface area contributed by atoms with E-state index in [1.165, 1.54) is 5.56 Å². The molecule has 0 unspecified atom stereocenters. The summed E-state index contributed by atoms with van der Waals surface area (Å²) in [5.41, 5.74) is 4.93. The van der Waals surface area contributed by atoms with Crippen LogP contribution in [-0.2, 0) is 35.3 Å². The first-order valence-electron chi connectivity index (χ1n) is 8.71. The molecule has 0 fully saturated rings. The lowest BCUT2D eigenvalue weighted by atomic mass is 9.94. The first kappa shape index (κ1) is 18.6. The zero-order valence-corrected chi connectivity index (χ0v) is 16.0. The van der Waals surface area contributed by atoms with Crippen LogP contribution in [0, 0.1) is 20.8 Å². The molecule has 0 radical (unpaired) electrons. The highest BCUT2D eigenvalue weighted by atomic mass is 35.5. The van der Waals surface area contributed by atoms with Gasteiger partial charge in [-0.1, -0.05) is 11.6 Å². The lowest BCUT2D eigenvalue weighted by Gasteiger charge is -2.15. The van der Waals surface area contributed by atoms with Gasteiger partial charge in [-0.3, -0.25) is 9.59 Å². The van der Waals surface area contributed by atoms with Gasteiger partial charge in [0.05, 0.1) is 11.4 Å². The van der Waals surface area contributed by atoms with E-state index in [2.05, 4.69) is 19.9 Å². The molecule has 7 heteroatoms. The first-order valence-corrected chi connectivity index (χ1v) is 9.09. The maximum absolute atomic E-state index is 11.2. The van der Waals surface area contributed by atoms with Gasteiger partial charge in [-0.2, -0.15) is 0 Å². The van der Waals surface area contributed by atoms with Gasteiger partial charge in [0.1, 0.15) is 28.4 Å². The lowest BCUT2D eigenvalue weighted by molar-refractivity contribution is -0.119. The third-order valence-corrected chi connectivity index (χ3v) is 4.91. The summed E-state index contributed by atoms with van der Waals surface area (Å²) in [6.45, 7) is 5.64. The van der Waals surface area contributed by atoms with E-state index in [-0.39, 0.29) is 5.78 Å². The van der Waals surface area contributed by atoms with Crippen molar-refractivity contribution in [3.8, 4) is 0 Å². The first-order chi connectivity index (χ1) is 12.3. The van der Waals surface area contributed by atoms with Crippen molar-refractivity contribution in [2.24, 2.45) is 0 Å². The number of aryl methyl sites for hydroxylation is 3. The number of ketones is 2. The molecule has 0 aliphatic heterocycles. The topological polar surface area (TPSA) is 85.7 Å². The van der Waals surface area contributed by atoms with Gasteiger partial charge in [0.25, 0.3) is 0 Å². The molecule has 4 rings (SSSR count). The number of hydrogen-bond acceptors (Lipinski definition) is 6. The largest absolute Gasteiger partial charge is 0.299 e. The molecule has 26 heavy (non-hydrogen) atoms. The van der Waals surface area contributed by atoms with Crippen LogP contribution < -0.4 is 0 Å². The highest BCUT2D eigenvalue weighted by Crippen LogP contribution is 2.23. The Morgan fingerprint density at radius 2 is 1.19 bits per heavy atom. The minimum absolute atomic E-state index is 0.238. The Bertz CT molecular complexity index is 822. The fourth-order valence-electron chi connectivity index (χ4n) is 3.37. The zero-order valence-electron chi connectivity index (χ0n) is 15.2. The number of Topliss-reactive ketones (excluding diaryl/α,β-unsaturated/α-hetero) is 2. The van der Waals surface area contributed by atoms with Crippen molar-refractivity contribution in [1.82, 2.24) is 19.9 Å². The highest BCUT2D eigenvalue weighted by molar-refractivity contribution is 6.30. The minimum atomic E-state index is 0.238. The number of aromatic nitrogens is 4. The second-order valence-electron chi connectivity index (χ2n) is 6.70. The quantitative estimate of drug-likeness (QED) is 0.661. The van der Waals surface area contributed by atoms with Crippen LogP contribution >= 0.6 is 11.6 Å². The van der Waals surface area contributed by atoms with Gasteiger partial charge in [0, 0.05) is 36.9 Å².